The third kappa shape index (κ3) is 1.46. The van der Waals surface area contributed by atoms with Gasteiger partial charge in [-0.05, 0) is 24.9 Å². The zero-order valence-electron chi connectivity index (χ0n) is 5.63. The predicted octanol–water partition coefficient (Wildman–Crippen LogP) is 1.78. The summed E-state index contributed by atoms with van der Waals surface area (Å²) in [5, 5.41) is 2.12. The van der Waals surface area contributed by atoms with Crippen LogP contribution in [-0.2, 0) is 6.54 Å². The zero-order chi connectivity index (χ0) is 6.69. The van der Waals surface area contributed by atoms with Gasteiger partial charge in [0.15, 0.2) is 6.20 Å². The molecule has 0 radical (unpaired) electrons. The van der Waals surface area contributed by atoms with Gasteiger partial charge in [0.25, 0.3) is 4.34 Å². The fraction of sp³-hybridized carbons (Fsp3) is 0.500. The fourth-order valence-electron chi connectivity index (χ4n) is 0.691. The van der Waals surface area contributed by atoms with E-state index in [4.69, 9.17) is 0 Å². The van der Waals surface area contributed by atoms with Crippen molar-refractivity contribution in [2.24, 2.45) is 0 Å². The maximum absolute atomic E-state index is 2.25. The van der Waals surface area contributed by atoms with Gasteiger partial charge in [-0.25, -0.2) is 0 Å². The van der Waals surface area contributed by atoms with Crippen molar-refractivity contribution < 1.29 is 4.57 Å². The van der Waals surface area contributed by atoms with E-state index in [0.29, 0.717) is 0 Å². The first-order valence-corrected chi connectivity index (χ1v) is 5.00. The summed E-state index contributed by atoms with van der Waals surface area (Å²) in [5.74, 6) is 0. The molecule has 1 heterocycles. The molecule has 1 aromatic heterocycles. The van der Waals surface area contributed by atoms with Crippen LogP contribution < -0.4 is 4.57 Å². The second kappa shape index (κ2) is 3.22. The molecule has 0 saturated heterocycles. The minimum Gasteiger partial charge on any atom is -0.184 e. The number of hydrogen-bond acceptors (Lipinski definition) is 2. The highest BCUT2D eigenvalue weighted by molar-refractivity contribution is 8.00. The van der Waals surface area contributed by atoms with Gasteiger partial charge in [-0.1, -0.05) is 11.3 Å². The zero-order valence-corrected chi connectivity index (χ0v) is 7.26. The molecule has 0 saturated carbocycles. The molecule has 0 aliphatic rings. The fourth-order valence-corrected chi connectivity index (χ4v) is 2.32. The van der Waals surface area contributed by atoms with Crippen LogP contribution in [0, 0.1) is 0 Å². The summed E-state index contributed by atoms with van der Waals surface area (Å²) >= 11 is 3.61. The number of hydrogen-bond donors (Lipinski definition) is 0. The molecule has 0 unspecified atom stereocenters. The van der Waals surface area contributed by atoms with Crippen molar-refractivity contribution in [1.29, 1.82) is 0 Å². The highest BCUT2D eigenvalue weighted by Gasteiger charge is 2.06. The van der Waals surface area contributed by atoms with Crippen LogP contribution in [0.15, 0.2) is 15.9 Å². The molecule has 0 aromatic carbocycles. The summed E-state index contributed by atoms with van der Waals surface area (Å²) in [4.78, 5) is 0. The van der Waals surface area contributed by atoms with Gasteiger partial charge < -0.3 is 0 Å². The van der Waals surface area contributed by atoms with Crippen LogP contribution in [0.1, 0.15) is 6.92 Å². The molecule has 9 heavy (non-hydrogen) atoms. The summed E-state index contributed by atoms with van der Waals surface area (Å²) in [6, 6.07) is 0. The van der Waals surface area contributed by atoms with Crippen LogP contribution in [0.3, 0.4) is 0 Å². The molecule has 0 fully saturated rings. The standard InChI is InChI=1S/C6H10NS2/c1-3-7-4-5-9-6(7)8-2/h4-5H,3H2,1-2H3/q+1. The molecule has 3 heteroatoms. The Morgan fingerprint density at radius 2 is 2.56 bits per heavy atom. The summed E-state index contributed by atoms with van der Waals surface area (Å²) in [6.45, 7) is 3.24. The number of thioether (sulfide) groups is 1. The van der Waals surface area contributed by atoms with E-state index in [1.807, 2.05) is 11.8 Å². The average molecular weight is 160 g/mol. The lowest BCUT2D eigenvalue weighted by Crippen LogP contribution is -2.30. The summed E-state index contributed by atoms with van der Waals surface area (Å²) < 4.78 is 3.63. The molecule has 0 bridgehead atoms. The van der Waals surface area contributed by atoms with Crippen LogP contribution in [0.4, 0.5) is 0 Å². The predicted molar refractivity (Wildman–Crippen MR) is 42.0 cm³/mol. The quantitative estimate of drug-likeness (QED) is 0.471. The van der Waals surface area contributed by atoms with Gasteiger partial charge in [-0.15, -0.1) is 0 Å². The van der Waals surface area contributed by atoms with Gasteiger partial charge in [0.2, 0.25) is 0 Å². The monoisotopic (exact) mass is 160 g/mol. The van der Waals surface area contributed by atoms with Gasteiger partial charge in [0, 0.05) is 0 Å². The Morgan fingerprint density at radius 1 is 1.78 bits per heavy atom. The smallest absolute Gasteiger partial charge is 0.184 e. The van der Waals surface area contributed by atoms with Crippen LogP contribution in [0.2, 0.25) is 0 Å². The van der Waals surface area contributed by atoms with Gasteiger partial charge >= 0.3 is 0 Å². The molecular formula is C6H10NS2+. The Kier molecular flexibility index (Phi) is 2.54. The minimum absolute atomic E-state index is 1.08. The number of thiazole rings is 1. The van der Waals surface area contributed by atoms with Gasteiger partial charge in [0.1, 0.15) is 6.54 Å². The van der Waals surface area contributed by atoms with E-state index in [1.165, 1.54) is 4.34 Å². The third-order valence-electron chi connectivity index (χ3n) is 1.16. The second-order valence-corrected chi connectivity index (χ2v) is 3.61. The van der Waals surface area contributed by atoms with Gasteiger partial charge in [0.05, 0.1) is 5.38 Å². The molecule has 1 nitrogen and oxygen atoms in total. The molecule has 0 amide bonds. The maximum Gasteiger partial charge on any atom is 0.297 e. The van der Waals surface area contributed by atoms with Gasteiger partial charge in [-0.2, -0.15) is 4.57 Å². The third-order valence-corrected chi connectivity index (χ3v) is 3.23. The van der Waals surface area contributed by atoms with E-state index in [1.54, 1.807) is 11.3 Å². The number of nitrogens with zero attached hydrogens (tertiary/aromatic N) is 1. The maximum atomic E-state index is 2.25. The number of rotatable bonds is 2. The lowest BCUT2D eigenvalue weighted by Gasteiger charge is -1.86. The van der Waals surface area contributed by atoms with Crippen LogP contribution in [0.25, 0.3) is 0 Å². The molecule has 0 aliphatic heterocycles. The van der Waals surface area contributed by atoms with Crippen molar-refractivity contribution in [2.45, 2.75) is 17.8 Å². The van der Waals surface area contributed by atoms with E-state index in [2.05, 4.69) is 29.3 Å². The molecular weight excluding hydrogens is 150 g/mol. The van der Waals surface area contributed by atoms with E-state index in [9.17, 15) is 0 Å². The van der Waals surface area contributed by atoms with E-state index >= 15 is 0 Å². The number of aryl methyl sites for hydroxylation is 1. The Bertz CT molecular complexity index is 164. The number of aromatic nitrogens is 1. The van der Waals surface area contributed by atoms with Crippen molar-refractivity contribution in [3.8, 4) is 0 Å². The molecule has 0 aliphatic carbocycles. The normalized spacial score (nSPS) is 10.0. The largest absolute Gasteiger partial charge is 0.297 e. The Labute approximate surface area is 63.7 Å². The molecule has 50 valence electrons. The van der Waals surface area contributed by atoms with Crippen LogP contribution in [-0.4, -0.2) is 6.26 Å². The first-order valence-electron chi connectivity index (χ1n) is 2.89. The summed E-state index contributed by atoms with van der Waals surface area (Å²) in [7, 11) is 0. The van der Waals surface area contributed by atoms with E-state index in [-0.39, 0.29) is 0 Å². The average Bonchev–Trinajstić information content (AvgIpc) is 2.33. The van der Waals surface area contributed by atoms with Crippen LogP contribution >= 0.6 is 23.1 Å². The highest BCUT2D eigenvalue weighted by atomic mass is 32.2. The Morgan fingerprint density at radius 3 is 3.00 bits per heavy atom. The SMILES string of the molecule is CC[n+]1ccsc1SC. The summed E-state index contributed by atoms with van der Waals surface area (Å²) in [6.07, 6.45) is 4.23. The summed E-state index contributed by atoms with van der Waals surface area (Å²) in [5.41, 5.74) is 0. The van der Waals surface area contributed by atoms with E-state index in [0.717, 1.165) is 6.54 Å². The van der Waals surface area contributed by atoms with Crippen LogP contribution in [0.5, 0.6) is 0 Å². The lowest BCUT2D eigenvalue weighted by atomic mass is 10.7. The molecule has 0 N–H and O–H groups in total. The van der Waals surface area contributed by atoms with Crippen molar-refractivity contribution in [2.75, 3.05) is 6.26 Å². The van der Waals surface area contributed by atoms with Crippen molar-refractivity contribution >= 4 is 23.1 Å². The topological polar surface area (TPSA) is 3.88 Å². The van der Waals surface area contributed by atoms with Crippen molar-refractivity contribution in [3.05, 3.63) is 11.6 Å². The molecule has 0 spiro atoms. The van der Waals surface area contributed by atoms with Gasteiger partial charge in [-0.3, -0.25) is 0 Å². The minimum atomic E-state index is 1.08. The second-order valence-electron chi connectivity index (χ2n) is 1.66. The van der Waals surface area contributed by atoms with Crippen molar-refractivity contribution in [3.63, 3.8) is 0 Å². The lowest BCUT2D eigenvalue weighted by molar-refractivity contribution is -0.723. The first kappa shape index (κ1) is 7.09. The molecule has 1 aromatic rings. The highest BCUT2D eigenvalue weighted by Crippen LogP contribution is 2.14. The Hall–Kier alpha value is -0.0200. The molecule has 1 rings (SSSR count). The van der Waals surface area contributed by atoms with Crippen molar-refractivity contribution in [1.82, 2.24) is 0 Å². The first-order chi connectivity index (χ1) is 4.38. The Balaban J connectivity index is 2.85. The molecule has 0 atom stereocenters. The van der Waals surface area contributed by atoms with E-state index < -0.39 is 0 Å².